The first-order valence-corrected chi connectivity index (χ1v) is 10.3. The molecule has 2 heterocycles. The molecular formula is C20H26BrClN4O4. The molecule has 0 fully saturated rings. The fraction of sp³-hybridized carbons (Fsp3) is 0.400. The summed E-state index contributed by atoms with van der Waals surface area (Å²) in [5, 5.41) is 0.300. The molecule has 0 amide bonds. The van der Waals surface area contributed by atoms with E-state index in [1.54, 1.807) is 64.1 Å². The van der Waals surface area contributed by atoms with Crippen molar-refractivity contribution < 1.29 is 19.1 Å². The molecule has 2 aromatic heterocycles. The fourth-order valence-electron chi connectivity index (χ4n) is 2.17. The van der Waals surface area contributed by atoms with E-state index in [1.165, 1.54) is 0 Å². The number of nitrogens with two attached hydrogens (primary N) is 2. The lowest BCUT2D eigenvalue weighted by Gasteiger charge is -2.21. The number of hydrogen-bond donors (Lipinski definition) is 2. The van der Waals surface area contributed by atoms with Crippen LogP contribution in [0.25, 0.3) is 0 Å². The van der Waals surface area contributed by atoms with Crippen LogP contribution in [0, 0.1) is 0 Å². The number of aromatic nitrogens is 2. The third kappa shape index (κ3) is 7.02. The largest absolute Gasteiger partial charge is 0.464 e. The molecule has 164 valence electrons. The van der Waals surface area contributed by atoms with Gasteiger partial charge < -0.3 is 20.9 Å². The highest BCUT2D eigenvalue weighted by atomic mass is 79.9. The van der Waals surface area contributed by atoms with Gasteiger partial charge in [-0.1, -0.05) is 23.7 Å². The number of pyridine rings is 2. The Morgan fingerprint density at radius 2 is 1.37 bits per heavy atom. The molecule has 0 radical (unpaired) electrons. The number of ether oxygens (including phenoxy) is 2. The molecule has 30 heavy (non-hydrogen) atoms. The molecule has 2 rings (SSSR count). The molecule has 0 saturated carbocycles. The summed E-state index contributed by atoms with van der Waals surface area (Å²) in [4.78, 5) is 31.2. The quantitative estimate of drug-likeness (QED) is 0.456. The lowest BCUT2D eigenvalue weighted by Crippen LogP contribution is -2.43. The Morgan fingerprint density at radius 3 is 1.77 bits per heavy atom. The predicted molar refractivity (Wildman–Crippen MR) is 118 cm³/mol. The van der Waals surface area contributed by atoms with Crippen molar-refractivity contribution >= 4 is 39.5 Å². The normalized spacial score (nSPS) is 14.4. The highest BCUT2D eigenvalue weighted by Gasteiger charge is 2.34. The Kier molecular flexibility index (Phi) is 9.83. The topological polar surface area (TPSA) is 130 Å². The van der Waals surface area contributed by atoms with Crippen molar-refractivity contribution in [3.63, 3.8) is 0 Å². The highest BCUT2D eigenvalue weighted by molar-refractivity contribution is 9.10. The summed E-state index contributed by atoms with van der Waals surface area (Å²) < 4.78 is 10.4. The summed E-state index contributed by atoms with van der Waals surface area (Å²) in [6.45, 7) is 7.18. The number of hydrogen-bond acceptors (Lipinski definition) is 8. The average Bonchev–Trinajstić information content (AvgIpc) is 2.69. The van der Waals surface area contributed by atoms with Crippen LogP contribution < -0.4 is 11.5 Å². The van der Waals surface area contributed by atoms with Gasteiger partial charge in [0.05, 0.1) is 24.6 Å². The van der Waals surface area contributed by atoms with Crippen LogP contribution in [0.1, 0.15) is 39.1 Å². The summed E-state index contributed by atoms with van der Waals surface area (Å²) in [5.74, 6) is -0.990. The maximum Gasteiger partial charge on any atom is 0.332 e. The number of carbonyl (C=O) groups excluding carboxylic acids is 2. The number of rotatable bonds is 6. The number of carbonyl (C=O) groups is 2. The maximum absolute atomic E-state index is 11.6. The van der Waals surface area contributed by atoms with Gasteiger partial charge >= 0.3 is 11.9 Å². The zero-order valence-electron chi connectivity index (χ0n) is 17.3. The second-order valence-corrected chi connectivity index (χ2v) is 7.74. The van der Waals surface area contributed by atoms with Gasteiger partial charge in [-0.05, 0) is 67.9 Å². The smallest absolute Gasteiger partial charge is 0.332 e. The predicted octanol–water partition coefficient (Wildman–Crippen LogP) is 3.05. The molecule has 0 aliphatic heterocycles. The highest BCUT2D eigenvalue weighted by Crippen LogP contribution is 2.20. The van der Waals surface area contributed by atoms with Crippen LogP contribution in [0.5, 0.6) is 0 Å². The number of esters is 2. The fourth-order valence-corrected chi connectivity index (χ4v) is 2.67. The van der Waals surface area contributed by atoms with Crippen molar-refractivity contribution in [2.45, 2.75) is 38.8 Å². The van der Waals surface area contributed by atoms with Crippen LogP contribution in [0.2, 0.25) is 5.15 Å². The van der Waals surface area contributed by atoms with Crippen LogP contribution >= 0.6 is 27.5 Å². The van der Waals surface area contributed by atoms with E-state index in [-0.39, 0.29) is 6.61 Å². The van der Waals surface area contributed by atoms with Gasteiger partial charge in [-0.25, -0.2) is 19.6 Å². The summed E-state index contributed by atoms with van der Waals surface area (Å²) in [6.07, 6.45) is 0. The Bertz CT molecular complexity index is 806. The molecule has 0 saturated heterocycles. The maximum atomic E-state index is 11.6. The van der Waals surface area contributed by atoms with Crippen molar-refractivity contribution in [2.75, 3.05) is 13.2 Å². The molecule has 0 aliphatic rings. The zero-order chi connectivity index (χ0) is 22.9. The second kappa shape index (κ2) is 11.4. The molecule has 10 heteroatoms. The Labute approximate surface area is 189 Å². The van der Waals surface area contributed by atoms with Crippen molar-refractivity contribution in [2.24, 2.45) is 11.5 Å². The van der Waals surface area contributed by atoms with Gasteiger partial charge in [-0.3, -0.25) is 0 Å². The van der Waals surface area contributed by atoms with Gasteiger partial charge in [0.1, 0.15) is 9.76 Å². The molecule has 0 aliphatic carbocycles. The van der Waals surface area contributed by atoms with E-state index >= 15 is 0 Å². The van der Waals surface area contributed by atoms with Crippen molar-refractivity contribution in [1.29, 1.82) is 0 Å². The minimum absolute atomic E-state index is 0.284. The number of halogens is 2. The third-order valence-corrected chi connectivity index (χ3v) is 4.55. The minimum atomic E-state index is -1.26. The van der Waals surface area contributed by atoms with E-state index in [9.17, 15) is 9.59 Å². The van der Waals surface area contributed by atoms with Crippen molar-refractivity contribution in [3.8, 4) is 0 Å². The van der Waals surface area contributed by atoms with Gasteiger partial charge in [-0.15, -0.1) is 0 Å². The Hall–Kier alpha value is -2.07. The van der Waals surface area contributed by atoms with Crippen molar-refractivity contribution in [3.05, 3.63) is 57.5 Å². The molecular weight excluding hydrogens is 476 g/mol. The van der Waals surface area contributed by atoms with Gasteiger partial charge in [0.2, 0.25) is 0 Å². The molecule has 2 unspecified atom stereocenters. The Morgan fingerprint density at radius 1 is 0.933 bits per heavy atom. The summed E-state index contributed by atoms with van der Waals surface area (Å²) >= 11 is 8.94. The SMILES string of the molecule is CCOC(=O)C(C)(N)c1cccc(Br)n1.CCOC(=O)C(C)(N)c1cccc(Cl)n1. The van der Waals surface area contributed by atoms with E-state index in [4.69, 9.17) is 32.5 Å². The van der Waals surface area contributed by atoms with E-state index in [0.717, 1.165) is 0 Å². The molecule has 8 nitrogen and oxygen atoms in total. The van der Waals surface area contributed by atoms with Gasteiger partial charge in [0, 0.05) is 0 Å². The third-order valence-electron chi connectivity index (χ3n) is 3.89. The van der Waals surface area contributed by atoms with Gasteiger partial charge in [0.15, 0.2) is 11.1 Å². The lowest BCUT2D eigenvalue weighted by molar-refractivity contribution is -0.150. The van der Waals surface area contributed by atoms with E-state index in [1.807, 2.05) is 0 Å². The van der Waals surface area contributed by atoms with Crippen LogP contribution in [-0.4, -0.2) is 35.1 Å². The van der Waals surface area contributed by atoms with E-state index in [0.29, 0.717) is 27.8 Å². The number of nitrogens with zero attached hydrogens (tertiary/aromatic N) is 2. The standard InChI is InChI=1S/C10H13BrN2O2.C10H13ClN2O2/c2*1-3-15-9(14)10(2,12)7-5-4-6-8(11)13-7/h2*4-6H,3,12H2,1-2H3. The van der Waals surface area contributed by atoms with Gasteiger partial charge in [0.25, 0.3) is 0 Å². The van der Waals surface area contributed by atoms with Crippen LogP contribution in [-0.2, 0) is 30.1 Å². The van der Waals surface area contributed by atoms with Crippen LogP contribution in [0.4, 0.5) is 0 Å². The molecule has 0 spiro atoms. The molecule has 0 aromatic carbocycles. The first kappa shape index (κ1) is 26.0. The second-order valence-electron chi connectivity index (χ2n) is 6.54. The first-order chi connectivity index (χ1) is 14.0. The summed E-state index contributed by atoms with van der Waals surface area (Å²) in [6, 6.07) is 10.2. The molecule has 4 N–H and O–H groups in total. The Balaban J connectivity index is 0.000000300. The molecule has 2 atom stereocenters. The zero-order valence-corrected chi connectivity index (χ0v) is 19.7. The van der Waals surface area contributed by atoms with E-state index in [2.05, 4.69) is 25.9 Å². The first-order valence-electron chi connectivity index (χ1n) is 9.15. The van der Waals surface area contributed by atoms with Crippen LogP contribution in [0.15, 0.2) is 41.0 Å². The van der Waals surface area contributed by atoms with Gasteiger partial charge in [-0.2, -0.15) is 0 Å². The monoisotopic (exact) mass is 500 g/mol. The summed E-state index contributed by atoms with van der Waals surface area (Å²) in [5.41, 5.74) is 10.1. The lowest BCUT2D eigenvalue weighted by atomic mass is 9.99. The molecule has 2 aromatic rings. The average molecular weight is 502 g/mol. The minimum Gasteiger partial charge on any atom is -0.464 e. The summed E-state index contributed by atoms with van der Waals surface area (Å²) in [7, 11) is 0. The van der Waals surface area contributed by atoms with Crippen LogP contribution in [0.3, 0.4) is 0 Å². The van der Waals surface area contributed by atoms with Crippen molar-refractivity contribution in [1.82, 2.24) is 9.97 Å². The van der Waals surface area contributed by atoms with E-state index < -0.39 is 23.0 Å². The molecule has 0 bridgehead atoms.